The lowest BCUT2D eigenvalue weighted by Crippen LogP contribution is -2.08. The first-order valence-corrected chi connectivity index (χ1v) is 9.15. The van der Waals surface area contributed by atoms with Gasteiger partial charge in [0.1, 0.15) is 0 Å². The Morgan fingerprint density at radius 3 is 2.73 bits per heavy atom. The second-order valence-electron chi connectivity index (χ2n) is 5.41. The van der Waals surface area contributed by atoms with Crippen molar-refractivity contribution >= 4 is 34.0 Å². The molecule has 0 radical (unpaired) electrons. The smallest absolute Gasteiger partial charge is 0.206 e. The van der Waals surface area contributed by atoms with Gasteiger partial charge >= 0.3 is 0 Å². The fraction of sp³-hybridized carbons (Fsp3) is 0.533. The molecule has 0 unspecified atom stereocenters. The van der Waals surface area contributed by atoms with Crippen LogP contribution in [0, 0.1) is 13.8 Å². The number of Topliss-reactive ketones (excluding diaryl/α,β-unsaturated/α-hetero) is 1. The highest BCUT2D eigenvalue weighted by Crippen LogP contribution is 2.27. The lowest BCUT2D eigenvalue weighted by molar-refractivity contribution is 0.102. The van der Waals surface area contributed by atoms with Gasteiger partial charge in [0.15, 0.2) is 10.1 Å². The minimum absolute atomic E-state index is 0.145. The molecule has 0 fully saturated rings. The molecule has 0 bridgehead atoms. The topological polar surface area (TPSA) is 59.8 Å². The fourth-order valence-electron chi connectivity index (χ4n) is 2.35. The maximum absolute atomic E-state index is 12.4. The number of carbonyl (C=O) groups excluding carboxylic acids is 1. The maximum atomic E-state index is 12.4. The fourth-order valence-corrected chi connectivity index (χ4v) is 4.13. The monoisotopic (exact) mass is 338 g/mol. The van der Waals surface area contributed by atoms with E-state index in [9.17, 15) is 4.79 Å². The number of ketones is 1. The van der Waals surface area contributed by atoms with E-state index in [1.165, 1.54) is 23.1 Å². The van der Waals surface area contributed by atoms with Gasteiger partial charge in [-0.05, 0) is 40.7 Å². The van der Waals surface area contributed by atoms with E-state index in [1.807, 2.05) is 19.9 Å². The normalized spacial score (nSPS) is 11.2. The zero-order valence-electron chi connectivity index (χ0n) is 13.6. The predicted molar refractivity (Wildman–Crippen MR) is 93.3 cm³/mol. The second kappa shape index (κ2) is 7.28. The second-order valence-corrected chi connectivity index (χ2v) is 7.61. The molecule has 0 saturated heterocycles. The van der Waals surface area contributed by atoms with E-state index in [0.717, 1.165) is 33.0 Å². The van der Waals surface area contributed by atoms with E-state index in [-0.39, 0.29) is 5.78 Å². The molecule has 5 nitrogen and oxygen atoms in total. The van der Waals surface area contributed by atoms with E-state index in [1.54, 1.807) is 0 Å². The zero-order valence-corrected chi connectivity index (χ0v) is 15.3. The van der Waals surface area contributed by atoms with Gasteiger partial charge < -0.3 is 9.88 Å². The van der Waals surface area contributed by atoms with Crippen LogP contribution in [0.4, 0.5) is 5.13 Å². The van der Waals surface area contributed by atoms with Gasteiger partial charge in [0.2, 0.25) is 5.13 Å². The van der Waals surface area contributed by atoms with Gasteiger partial charge in [-0.25, -0.2) is 0 Å². The zero-order chi connectivity index (χ0) is 16.3. The molecule has 2 rings (SSSR count). The minimum atomic E-state index is 0.145. The van der Waals surface area contributed by atoms with Crippen molar-refractivity contribution in [3.05, 3.63) is 23.0 Å². The number of hydrogen-bond donors (Lipinski definition) is 1. The first-order valence-electron chi connectivity index (χ1n) is 7.35. The Morgan fingerprint density at radius 2 is 2.14 bits per heavy atom. The number of anilines is 1. The molecule has 1 N–H and O–H groups in total. The van der Waals surface area contributed by atoms with Crippen LogP contribution in [0.2, 0.25) is 0 Å². The van der Waals surface area contributed by atoms with Crippen LogP contribution in [0.15, 0.2) is 10.4 Å². The maximum Gasteiger partial charge on any atom is 0.206 e. The van der Waals surface area contributed by atoms with E-state index >= 15 is 0 Å². The lowest BCUT2D eigenvalue weighted by Gasteiger charge is -2.05. The molecule has 0 aliphatic carbocycles. The number of carbonyl (C=O) groups is 1. The highest BCUT2D eigenvalue weighted by molar-refractivity contribution is 8.01. The summed E-state index contributed by atoms with van der Waals surface area (Å²) in [6, 6.07) is 2.31. The largest absolute Gasteiger partial charge is 0.358 e. The number of aryl methyl sites for hydroxylation is 1. The molecule has 22 heavy (non-hydrogen) atoms. The van der Waals surface area contributed by atoms with Crippen LogP contribution in [0.5, 0.6) is 0 Å². The summed E-state index contributed by atoms with van der Waals surface area (Å²) in [6.45, 7) is 11.1. The van der Waals surface area contributed by atoms with Crippen molar-refractivity contribution in [2.75, 3.05) is 11.1 Å². The molecule has 0 aliphatic heterocycles. The van der Waals surface area contributed by atoms with Crippen LogP contribution in [0.3, 0.4) is 0 Å². The highest BCUT2D eigenvalue weighted by atomic mass is 32.2. The molecular formula is C15H22N4OS2. The van der Waals surface area contributed by atoms with Crippen LogP contribution in [0.25, 0.3) is 0 Å². The van der Waals surface area contributed by atoms with Crippen molar-refractivity contribution in [1.29, 1.82) is 0 Å². The third kappa shape index (κ3) is 3.89. The number of nitrogens with one attached hydrogen (secondary N) is 1. The molecule has 0 aliphatic rings. The van der Waals surface area contributed by atoms with Crippen LogP contribution in [0.1, 0.15) is 42.5 Å². The Balaban J connectivity index is 1.99. The van der Waals surface area contributed by atoms with Gasteiger partial charge in [0.05, 0.1) is 5.75 Å². The standard InChI is InChI=1S/C15H22N4OS2/c1-6-19-10(4)7-12(11(19)5)13(20)8-21-15-18-17-14(22-15)16-9(2)3/h7,9H,6,8H2,1-5H3,(H,16,17). The summed E-state index contributed by atoms with van der Waals surface area (Å²) in [6.07, 6.45) is 0. The Kier molecular flexibility index (Phi) is 5.63. The Hall–Kier alpha value is -1.34. The average molecular weight is 339 g/mol. The molecular weight excluding hydrogens is 316 g/mol. The van der Waals surface area contributed by atoms with Crippen LogP contribution < -0.4 is 5.32 Å². The molecule has 0 amide bonds. The summed E-state index contributed by atoms with van der Waals surface area (Å²) in [5.74, 6) is 0.538. The summed E-state index contributed by atoms with van der Waals surface area (Å²) in [5, 5.41) is 12.2. The Bertz CT molecular complexity index is 661. The van der Waals surface area contributed by atoms with E-state index in [4.69, 9.17) is 0 Å². The lowest BCUT2D eigenvalue weighted by atomic mass is 10.2. The molecule has 0 spiro atoms. The van der Waals surface area contributed by atoms with Gasteiger partial charge in [-0.1, -0.05) is 23.1 Å². The molecule has 7 heteroatoms. The van der Waals surface area contributed by atoms with Crippen molar-refractivity contribution in [2.45, 2.75) is 51.5 Å². The number of rotatable bonds is 7. The van der Waals surface area contributed by atoms with Crippen molar-refractivity contribution in [3.8, 4) is 0 Å². The van der Waals surface area contributed by atoms with Gasteiger partial charge in [0.25, 0.3) is 0 Å². The highest BCUT2D eigenvalue weighted by Gasteiger charge is 2.16. The van der Waals surface area contributed by atoms with Crippen LogP contribution >= 0.6 is 23.1 Å². The Morgan fingerprint density at radius 1 is 1.41 bits per heavy atom. The minimum Gasteiger partial charge on any atom is -0.358 e. The van der Waals surface area contributed by atoms with Crippen LogP contribution in [-0.4, -0.2) is 32.3 Å². The molecule has 0 saturated carbocycles. The number of hydrogen-bond acceptors (Lipinski definition) is 6. The van der Waals surface area contributed by atoms with E-state index < -0.39 is 0 Å². The van der Waals surface area contributed by atoms with Gasteiger partial charge in [-0.3, -0.25) is 4.79 Å². The quantitative estimate of drug-likeness (QED) is 0.615. The van der Waals surface area contributed by atoms with E-state index in [0.29, 0.717) is 11.8 Å². The summed E-state index contributed by atoms with van der Waals surface area (Å²) in [4.78, 5) is 12.4. The van der Waals surface area contributed by atoms with Crippen molar-refractivity contribution in [2.24, 2.45) is 0 Å². The van der Waals surface area contributed by atoms with Gasteiger partial charge in [-0.2, -0.15) is 0 Å². The number of aromatic nitrogens is 3. The SMILES string of the molecule is CCn1c(C)cc(C(=O)CSc2nnc(NC(C)C)s2)c1C. The first kappa shape index (κ1) is 17.0. The van der Waals surface area contributed by atoms with Gasteiger partial charge in [0, 0.05) is 29.5 Å². The summed E-state index contributed by atoms with van der Waals surface area (Å²) < 4.78 is 2.98. The predicted octanol–water partition coefficient (Wildman–Crippen LogP) is 3.77. The summed E-state index contributed by atoms with van der Waals surface area (Å²) in [7, 11) is 0. The average Bonchev–Trinajstić information content (AvgIpc) is 3.00. The molecule has 0 atom stereocenters. The molecule has 0 aromatic carbocycles. The third-order valence-electron chi connectivity index (χ3n) is 3.34. The molecule has 2 heterocycles. The third-order valence-corrected chi connectivity index (χ3v) is 5.32. The number of thioether (sulfide) groups is 1. The van der Waals surface area contributed by atoms with Gasteiger partial charge in [-0.15, -0.1) is 10.2 Å². The van der Waals surface area contributed by atoms with Crippen LogP contribution in [-0.2, 0) is 6.54 Å². The van der Waals surface area contributed by atoms with Crippen molar-refractivity contribution in [1.82, 2.24) is 14.8 Å². The first-order chi connectivity index (χ1) is 10.4. The molecule has 2 aromatic heterocycles. The Labute approximate surface area is 139 Å². The molecule has 2 aromatic rings. The summed E-state index contributed by atoms with van der Waals surface area (Å²) >= 11 is 2.94. The number of nitrogens with zero attached hydrogens (tertiary/aromatic N) is 3. The summed E-state index contributed by atoms with van der Waals surface area (Å²) in [5.41, 5.74) is 3.00. The molecule has 120 valence electrons. The van der Waals surface area contributed by atoms with E-state index in [2.05, 4.69) is 40.9 Å². The van der Waals surface area contributed by atoms with Crippen molar-refractivity contribution in [3.63, 3.8) is 0 Å². The van der Waals surface area contributed by atoms with Crippen molar-refractivity contribution < 1.29 is 4.79 Å².